The highest BCUT2D eigenvalue weighted by Crippen LogP contribution is 2.29. The molecule has 1 heterocycles. The summed E-state index contributed by atoms with van der Waals surface area (Å²) in [5.41, 5.74) is 0.802. The summed E-state index contributed by atoms with van der Waals surface area (Å²) in [5, 5.41) is 0.517. The highest BCUT2D eigenvalue weighted by molar-refractivity contribution is 6.34. The third kappa shape index (κ3) is 3.35. The van der Waals surface area contributed by atoms with Gasteiger partial charge in [0.05, 0.1) is 10.6 Å². The molecule has 0 spiro atoms. The van der Waals surface area contributed by atoms with E-state index in [4.69, 9.17) is 16.3 Å². The van der Waals surface area contributed by atoms with Crippen molar-refractivity contribution in [3.63, 3.8) is 0 Å². The van der Waals surface area contributed by atoms with Crippen molar-refractivity contribution in [3.05, 3.63) is 76.8 Å². The Kier molecular flexibility index (Phi) is 4.30. The van der Waals surface area contributed by atoms with Gasteiger partial charge >= 0.3 is 5.97 Å². The fourth-order valence-corrected chi connectivity index (χ4v) is 2.57. The Morgan fingerprint density at radius 2 is 1.83 bits per heavy atom. The highest BCUT2D eigenvalue weighted by Gasteiger charge is 2.41. The monoisotopic (exact) mass is 325 g/mol. The van der Waals surface area contributed by atoms with Gasteiger partial charge in [0.15, 0.2) is 5.54 Å². The molecule has 4 heteroatoms. The highest BCUT2D eigenvalue weighted by atomic mass is 35.5. The predicted molar refractivity (Wildman–Crippen MR) is 92.6 cm³/mol. The Morgan fingerprint density at radius 3 is 2.57 bits per heavy atom. The van der Waals surface area contributed by atoms with Gasteiger partial charge in [-0.3, -0.25) is 0 Å². The molecule has 0 aliphatic carbocycles. The van der Waals surface area contributed by atoms with Crippen LogP contribution < -0.4 is 0 Å². The van der Waals surface area contributed by atoms with E-state index >= 15 is 0 Å². The van der Waals surface area contributed by atoms with Crippen molar-refractivity contribution in [2.24, 2.45) is 4.99 Å². The smallest absolute Gasteiger partial charge is 0.340 e. The maximum absolute atomic E-state index is 12.2. The third-order valence-electron chi connectivity index (χ3n) is 3.71. The molecule has 1 atom stereocenters. The second kappa shape index (κ2) is 6.39. The zero-order valence-electron chi connectivity index (χ0n) is 12.7. The summed E-state index contributed by atoms with van der Waals surface area (Å²) < 4.78 is 5.34. The first-order valence-corrected chi connectivity index (χ1v) is 7.75. The van der Waals surface area contributed by atoms with E-state index in [-0.39, 0.29) is 11.9 Å². The van der Waals surface area contributed by atoms with Gasteiger partial charge in [-0.15, -0.1) is 0 Å². The average molecular weight is 326 g/mol. The molecule has 23 heavy (non-hydrogen) atoms. The Hall–Kier alpha value is -2.39. The summed E-state index contributed by atoms with van der Waals surface area (Å²) in [7, 11) is 0. The molecule has 3 nitrogen and oxygen atoms in total. The van der Waals surface area contributed by atoms with Crippen molar-refractivity contribution in [3.8, 4) is 0 Å². The first-order chi connectivity index (χ1) is 11.1. The van der Waals surface area contributed by atoms with Crippen LogP contribution in [0.1, 0.15) is 24.5 Å². The molecule has 0 unspecified atom stereocenters. The van der Waals surface area contributed by atoms with Crippen LogP contribution >= 0.6 is 11.6 Å². The molecule has 0 fully saturated rings. The van der Waals surface area contributed by atoms with Gasteiger partial charge in [-0.05, 0) is 24.6 Å². The molecule has 1 aliphatic heterocycles. The summed E-state index contributed by atoms with van der Waals surface area (Å²) in [4.78, 5) is 16.7. The summed E-state index contributed by atoms with van der Waals surface area (Å²) in [6.07, 6.45) is 4.38. The quantitative estimate of drug-likeness (QED) is 0.776. The Labute approximate surface area is 140 Å². The van der Waals surface area contributed by atoms with E-state index in [0.717, 1.165) is 5.56 Å². The lowest BCUT2D eigenvalue weighted by Gasteiger charge is -2.12. The van der Waals surface area contributed by atoms with Gasteiger partial charge < -0.3 is 4.74 Å². The minimum atomic E-state index is -0.917. The zero-order valence-corrected chi connectivity index (χ0v) is 13.5. The molecule has 1 aliphatic rings. The van der Waals surface area contributed by atoms with Gasteiger partial charge in [0.25, 0.3) is 0 Å². The number of hydrogen-bond donors (Lipinski definition) is 0. The molecule has 0 amide bonds. The molecular formula is C19H16ClNO2. The Balaban J connectivity index is 1.80. The normalized spacial score (nSPS) is 20.6. The van der Waals surface area contributed by atoms with Gasteiger partial charge in [0.1, 0.15) is 0 Å². The molecular weight excluding hydrogens is 310 g/mol. The van der Waals surface area contributed by atoms with Crippen LogP contribution in [0.3, 0.4) is 0 Å². The Morgan fingerprint density at radius 1 is 1.13 bits per heavy atom. The molecule has 116 valence electrons. The van der Waals surface area contributed by atoms with Crippen LogP contribution in [0.5, 0.6) is 0 Å². The van der Waals surface area contributed by atoms with E-state index in [9.17, 15) is 4.79 Å². The molecule has 0 radical (unpaired) electrons. The number of nitrogens with zero attached hydrogens (tertiary/aromatic N) is 1. The SMILES string of the molecule is C[C@@]1(C/C=C/c2ccccc2)N=C(c2ccccc2Cl)OC1=O. The van der Waals surface area contributed by atoms with Crippen LogP contribution in [0.25, 0.3) is 6.08 Å². The van der Waals surface area contributed by atoms with Crippen molar-refractivity contribution in [2.45, 2.75) is 18.9 Å². The second-order valence-corrected chi connectivity index (χ2v) is 5.98. The van der Waals surface area contributed by atoms with E-state index < -0.39 is 5.54 Å². The molecule has 0 N–H and O–H groups in total. The average Bonchev–Trinajstić information content (AvgIpc) is 2.84. The van der Waals surface area contributed by atoms with E-state index in [0.29, 0.717) is 17.0 Å². The minimum Gasteiger partial charge on any atom is -0.405 e. The Bertz CT molecular complexity index is 783. The number of cyclic esters (lactones) is 1. The number of ether oxygens (including phenoxy) is 1. The van der Waals surface area contributed by atoms with Crippen molar-refractivity contribution >= 4 is 29.5 Å². The molecule has 2 aromatic rings. The summed E-state index contributed by atoms with van der Waals surface area (Å²) in [6.45, 7) is 1.77. The van der Waals surface area contributed by atoms with Crippen molar-refractivity contribution in [1.82, 2.24) is 0 Å². The molecule has 0 saturated heterocycles. The molecule has 0 bridgehead atoms. The van der Waals surface area contributed by atoms with E-state index in [1.807, 2.05) is 54.6 Å². The van der Waals surface area contributed by atoms with E-state index in [2.05, 4.69) is 4.99 Å². The van der Waals surface area contributed by atoms with Gasteiger partial charge in [0, 0.05) is 6.42 Å². The van der Waals surface area contributed by atoms with Crippen LogP contribution in [0.15, 0.2) is 65.7 Å². The topological polar surface area (TPSA) is 38.7 Å². The summed E-state index contributed by atoms with van der Waals surface area (Å²) in [6, 6.07) is 17.1. The lowest BCUT2D eigenvalue weighted by molar-refractivity contribution is -0.138. The second-order valence-electron chi connectivity index (χ2n) is 5.58. The van der Waals surface area contributed by atoms with Gasteiger partial charge in [-0.25, -0.2) is 9.79 Å². The largest absolute Gasteiger partial charge is 0.405 e. The fourth-order valence-electron chi connectivity index (χ4n) is 2.36. The standard InChI is InChI=1S/C19H16ClNO2/c1-19(13-7-10-14-8-3-2-4-9-14)18(22)23-17(21-19)15-11-5-6-12-16(15)20/h2-12H,13H2,1H3/b10-7+/t19-/m0/s1. The van der Waals surface area contributed by atoms with Crippen LogP contribution in [0.4, 0.5) is 0 Å². The number of hydrogen-bond acceptors (Lipinski definition) is 3. The van der Waals surface area contributed by atoms with Crippen molar-refractivity contribution in [1.29, 1.82) is 0 Å². The number of carbonyl (C=O) groups excluding carboxylic acids is 1. The molecule has 0 aromatic heterocycles. The van der Waals surface area contributed by atoms with Crippen LogP contribution in [0.2, 0.25) is 5.02 Å². The van der Waals surface area contributed by atoms with Crippen LogP contribution in [-0.4, -0.2) is 17.4 Å². The van der Waals surface area contributed by atoms with Gasteiger partial charge in [-0.1, -0.05) is 66.2 Å². The third-order valence-corrected chi connectivity index (χ3v) is 4.04. The maximum atomic E-state index is 12.2. The molecule has 2 aromatic carbocycles. The van der Waals surface area contributed by atoms with Gasteiger partial charge in [-0.2, -0.15) is 0 Å². The van der Waals surface area contributed by atoms with E-state index in [1.165, 1.54) is 0 Å². The minimum absolute atomic E-state index is 0.288. The first-order valence-electron chi connectivity index (χ1n) is 7.37. The number of esters is 1. The lowest BCUT2D eigenvalue weighted by Crippen LogP contribution is -2.29. The molecule has 0 saturated carbocycles. The maximum Gasteiger partial charge on any atom is 0.340 e. The van der Waals surface area contributed by atoms with E-state index in [1.54, 1.807) is 19.1 Å². The number of rotatable bonds is 4. The number of carbonyl (C=O) groups is 1. The van der Waals surface area contributed by atoms with Crippen molar-refractivity contribution in [2.75, 3.05) is 0 Å². The van der Waals surface area contributed by atoms with Gasteiger partial charge in [0.2, 0.25) is 5.90 Å². The summed E-state index contributed by atoms with van der Waals surface area (Å²) >= 11 is 6.14. The number of halogens is 1. The van der Waals surface area contributed by atoms with Crippen LogP contribution in [0, 0.1) is 0 Å². The predicted octanol–water partition coefficient (Wildman–Crippen LogP) is 4.51. The fraction of sp³-hybridized carbons (Fsp3) is 0.158. The molecule has 3 rings (SSSR count). The number of aliphatic imine (C=N–C) groups is 1. The summed E-state index contributed by atoms with van der Waals surface area (Å²) in [5.74, 6) is -0.0682. The van der Waals surface area contributed by atoms with Crippen LogP contribution in [-0.2, 0) is 9.53 Å². The lowest BCUT2D eigenvalue weighted by atomic mass is 9.99. The first kappa shape index (κ1) is 15.5. The number of benzene rings is 2. The van der Waals surface area contributed by atoms with Crippen molar-refractivity contribution < 1.29 is 9.53 Å². The zero-order chi connectivity index (χ0) is 16.3.